The van der Waals surface area contributed by atoms with Crippen molar-refractivity contribution < 1.29 is 9.53 Å². The van der Waals surface area contributed by atoms with Gasteiger partial charge in [0.05, 0.1) is 6.10 Å². The van der Waals surface area contributed by atoms with Gasteiger partial charge >= 0.3 is 0 Å². The van der Waals surface area contributed by atoms with Crippen LogP contribution in [0.1, 0.15) is 40.0 Å². The van der Waals surface area contributed by atoms with Crippen molar-refractivity contribution in [2.75, 3.05) is 6.61 Å². The minimum absolute atomic E-state index is 0.264. The van der Waals surface area contributed by atoms with Crippen LogP contribution in [0.3, 0.4) is 0 Å². The molecule has 0 aliphatic heterocycles. The highest BCUT2D eigenvalue weighted by Gasteiger charge is 2.30. The zero-order valence-electron chi connectivity index (χ0n) is 9.53. The highest BCUT2D eigenvalue weighted by molar-refractivity contribution is 5.50. The quantitative estimate of drug-likeness (QED) is 0.649. The molecule has 0 saturated heterocycles. The Morgan fingerprint density at radius 1 is 1.43 bits per heavy atom. The van der Waals surface area contributed by atoms with Gasteiger partial charge < -0.3 is 9.53 Å². The van der Waals surface area contributed by atoms with Crippen molar-refractivity contribution in [1.29, 1.82) is 0 Å². The van der Waals surface area contributed by atoms with Crippen LogP contribution in [0.4, 0.5) is 0 Å². The molecule has 0 aromatic carbocycles. The molecule has 1 aliphatic rings. The van der Waals surface area contributed by atoms with E-state index in [1.807, 2.05) is 0 Å². The Kier molecular flexibility index (Phi) is 4.59. The lowest BCUT2D eigenvalue weighted by Gasteiger charge is -2.36. The first-order valence-corrected chi connectivity index (χ1v) is 5.70. The molecular weight excluding hydrogens is 176 g/mol. The van der Waals surface area contributed by atoms with Crippen molar-refractivity contribution in [2.45, 2.75) is 46.1 Å². The van der Waals surface area contributed by atoms with Crippen molar-refractivity contribution in [2.24, 2.45) is 17.8 Å². The lowest BCUT2D eigenvalue weighted by molar-refractivity contribution is -0.117. The Morgan fingerprint density at radius 3 is 2.71 bits per heavy atom. The van der Waals surface area contributed by atoms with Gasteiger partial charge in [-0.2, -0.15) is 0 Å². The molecule has 14 heavy (non-hydrogen) atoms. The van der Waals surface area contributed by atoms with E-state index in [-0.39, 0.29) is 6.61 Å². The monoisotopic (exact) mass is 198 g/mol. The summed E-state index contributed by atoms with van der Waals surface area (Å²) in [5.41, 5.74) is 0. The average molecular weight is 198 g/mol. The Balaban J connectivity index is 2.49. The molecule has 0 spiro atoms. The standard InChI is InChI=1S/C12H22O2/c1-9(2)11-5-4-10(3)8-12(11)14-7-6-13/h6,9-12H,4-5,7-8H2,1-3H3/t10-,11-,12+/m1/s1. The van der Waals surface area contributed by atoms with Crippen LogP contribution in [0.2, 0.25) is 0 Å². The molecule has 2 heteroatoms. The molecule has 1 rings (SSSR count). The van der Waals surface area contributed by atoms with E-state index >= 15 is 0 Å². The Bertz CT molecular complexity index is 177. The van der Waals surface area contributed by atoms with E-state index in [1.165, 1.54) is 12.8 Å². The van der Waals surface area contributed by atoms with Crippen molar-refractivity contribution in [3.63, 3.8) is 0 Å². The van der Waals surface area contributed by atoms with Gasteiger partial charge in [-0.25, -0.2) is 0 Å². The van der Waals surface area contributed by atoms with Gasteiger partial charge in [0.15, 0.2) is 0 Å². The molecule has 0 bridgehead atoms. The van der Waals surface area contributed by atoms with E-state index < -0.39 is 0 Å². The van der Waals surface area contributed by atoms with Gasteiger partial charge in [-0.3, -0.25) is 0 Å². The summed E-state index contributed by atoms with van der Waals surface area (Å²) >= 11 is 0. The minimum Gasteiger partial charge on any atom is -0.370 e. The molecule has 0 N–H and O–H groups in total. The summed E-state index contributed by atoms with van der Waals surface area (Å²) in [6, 6.07) is 0. The van der Waals surface area contributed by atoms with Gasteiger partial charge in [-0.1, -0.05) is 27.2 Å². The predicted molar refractivity (Wildman–Crippen MR) is 57.1 cm³/mol. The van der Waals surface area contributed by atoms with Gasteiger partial charge in [0, 0.05) is 0 Å². The normalized spacial score (nSPS) is 33.3. The zero-order valence-corrected chi connectivity index (χ0v) is 9.53. The molecule has 82 valence electrons. The van der Waals surface area contributed by atoms with Gasteiger partial charge in [0.25, 0.3) is 0 Å². The van der Waals surface area contributed by atoms with E-state index in [2.05, 4.69) is 20.8 Å². The first kappa shape index (κ1) is 11.7. The molecule has 3 atom stereocenters. The first-order chi connectivity index (χ1) is 6.65. The van der Waals surface area contributed by atoms with Crippen LogP contribution in [-0.2, 0) is 9.53 Å². The van der Waals surface area contributed by atoms with E-state index in [4.69, 9.17) is 4.74 Å². The second kappa shape index (κ2) is 5.50. The molecule has 2 nitrogen and oxygen atoms in total. The molecular formula is C12H22O2. The smallest absolute Gasteiger partial charge is 0.145 e. The number of carbonyl (C=O) groups is 1. The summed E-state index contributed by atoms with van der Waals surface area (Å²) in [5, 5.41) is 0. The summed E-state index contributed by atoms with van der Waals surface area (Å²) in [6.45, 7) is 7.03. The predicted octanol–water partition coefficient (Wildman–Crippen LogP) is 2.66. The third kappa shape index (κ3) is 3.09. The molecule has 1 fully saturated rings. The fourth-order valence-electron chi connectivity index (χ4n) is 2.47. The molecule has 0 aromatic heterocycles. The van der Waals surface area contributed by atoms with Gasteiger partial charge in [-0.15, -0.1) is 0 Å². The Morgan fingerprint density at radius 2 is 2.14 bits per heavy atom. The van der Waals surface area contributed by atoms with Crippen LogP contribution >= 0.6 is 0 Å². The number of rotatable bonds is 4. The number of aldehydes is 1. The lowest BCUT2D eigenvalue weighted by atomic mass is 9.75. The molecule has 0 radical (unpaired) electrons. The zero-order chi connectivity index (χ0) is 10.6. The molecule has 1 aliphatic carbocycles. The lowest BCUT2D eigenvalue weighted by Crippen LogP contribution is -2.34. The van der Waals surface area contributed by atoms with Crippen LogP contribution in [0.5, 0.6) is 0 Å². The fourth-order valence-corrected chi connectivity index (χ4v) is 2.47. The highest BCUT2D eigenvalue weighted by Crippen LogP contribution is 2.35. The van der Waals surface area contributed by atoms with E-state index in [0.29, 0.717) is 17.9 Å². The second-order valence-corrected chi connectivity index (χ2v) is 4.86. The van der Waals surface area contributed by atoms with Crippen LogP contribution in [-0.4, -0.2) is 19.0 Å². The van der Waals surface area contributed by atoms with Crippen LogP contribution < -0.4 is 0 Å². The number of carbonyl (C=O) groups excluding carboxylic acids is 1. The van der Waals surface area contributed by atoms with Crippen molar-refractivity contribution >= 4 is 6.29 Å². The Hall–Kier alpha value is -0.370. The van der Waals surface area contributed by atoms with Crippen molar-refractivity contribution in [3.8, 4) is 0 Å². The molecule has 0 heterocycles. The third-order valence-electron chi connectivity index (χ3n) is 3.34. The third-order valence-corrected chi connectivity index (χ3v) is 3.34. The van der Waals surface area contributed by atoms with Crippen LogP contribution in [0, 0.1) is 17.8 Å². The summed E-state index contributed by atoms with van der Waals surface area (Å²) < 4.78 is 5.61. The summed E-state index contributed by atoms with van der Waals surface area (Å²) in [4.78, 5) is 10.3. The Labute approximate surface area is 87.0 Å². The number of hydrogen-bond acceptors (Lipinski definition) is 2. The molecule has 0 unspecified atom stereocenters. The second-order valence-electron chi connectivity index (χ2n) is 4.86. The average Bonchev–Trinajstić information content (AvgIpc) is 2.14. The first-order valence-electron chi connectivity index (χ1n) is 5.70. The van der Waals surface area contributed by atoms with Gasteiger partial charge in [0.2, 0.25) is 0 Å². The van der Waals surface area contributed by atoms with Gasteiger partial charge in [0.1, 0.15) is 12.9 Å². The minimum atomic E-state index is 0.264. The topological polar surface area (TPSA) is 26.3 Å². The number of ether oxygens (including phenoxy) is 1. The maximum absolute atomic E-state index is 10.3. The summed E-state index contributed by atoms with van der Waals surface area (Å²) in [7, 11) is 0. The van der Waals surface area contributed by atoms with E-state index in [1.54, 1.807) is 0 Å². The van der Waals surface area contributed by atoms with Gasteiger partial charge in [-0.05, 0) is 30.6 Å². The summed E-state index contributed by atoms with van der Waals surface area (Å²) in [5.74, 6) is 2.06. The van der Waals surface area contributed by atoms with Crippen LogP contribution in [0.25, 0.3) is 0 Å². The van der Waals surface area contributed by atoms with E-state index in [0.717, 1.165) is 18.6 Å². The SMILES string of the molecule is CC(C)[C@H]1CC[C@@H](C)C[C@@H]1OCC=O. The van der Waals surface area contributed by atoms with Crippen molar-refractivity contribution in [1.82, 2.24) is 0 Å². The van der Waals surface area contributed by atoms with Crippen LogP contribution in [0.15, 0.2) is 0 Å². The maximum Gasteiger partial charge on any atom is 0.145 e. The largest absolute Gasteiger partial charge is 0.370 e. The fraction of sp³-hybridized carbons (Fsp3) is 0.917. The van der Waals surface area contributed by atoms with E-state index in [9.17, 15) is 4.79 Å². The molecule has 0 aromatic rings. The molecule has 1 saturated carbocycles. The summed E-state index contributed by atoms with van der Waals surface area (Å²) in [6.07, 6.45) is 4.85. The maximum atomic E-state index is 10.3. The molecule has 0 amide bonds. The highest BCUT2D eigenvalue weighted by atomic mass is 16.5. The van der Waals surface area contributed by atoms with Crippen molar-refractivity contribution in [3.05, 3.63) is 0 Å². The number of hydrogen-bond donors (Lipinski definition) is 0.